The third-order valence-electron chi connectivity index (χ3n) is 3.63. The number of nitrogens with zero attached hydrogens (tertiary/aromatic N) is 2. The first-order valence-corrected chi connectivity index (χ1v) is 8.37. The lowest BCUT2D eigenvalue weighted by Crippen LogP contribution is -2.06. The van der Waals surface area contributed by atoms with Gasteiger partial charge in [0.1, 0.15) is 17.5 Å². The predicted molar refractivity (Wildman–Crippen MR) is 105 cm³/mol. The Morgan fingerprint density at radius 2 is 1.58 bits per heavy atom. The van der Waals surface area contributed by atoms with Crippen molar-refractivity contribution in [2.24, 2.45) is 0 Å². The number of anilines is 4. The molecule has 0 spiro atoms. The number of aryl methyl sites for hydroxylation is 1. The first-order valence-electron chi connectivity index (χ1n) is 8.37. The number of carbonyl (C=O) groups is 1. The van der Waals surface area contributed by atoms with Gasteiger partial charge in [0.2, 0.25) is 5.91 Å². The topological polar surface area (TPSA) is 78.9 Å². The Balaban J connectivity index is 1.68. The fourth-order valence-electron chi connectivity index (χ4n) is 2.50. The molecule has 0 saturated carbocycles. The van der Waals surface area contributed by atoms with Crippen LogP contribution in [0.3, 0.4) is 0 Å². The molecule has 1 heterocycles. The van der Waals surface area contributed by atoms with Crippen LogP contribution >= 0.6 is 0 Å². The van der Waals surface area contributed by atoms with Gasteiger partial charge in [0.15, 0.2) is 0 Å². The molecule has 0 aliphatic carbocycles. The summed E-state index contributed by atoms with van der Waals surface area (Å²) in [4.78, 5) is 19.9. The molecule has 0 radical (unpaired) electrons. The van der Waals surface area contributed by atoms with E-state index >= 15 is 0 Å². The van der Waals surface area contributed by atoms with Crippen molar-refractivity contribution >= 4 is 28.9 Å². The third-order valence-corrected chi connectivity index (χ3v) is 3.63. The van der Waals surface area contributed by atoms with Crippen molar-refractivity contribution in [2.75, 3.05) is 16.0 Å². The van der Waals surface area contributed by atoms with Crippen molar-refractivity contribution < 1.29 is 4.79 Å². The van der Waals surface area contributed by atoms with Gasteiger partial charge in [-0.05, 0) is 36.8 Å². The molecule has 0 aliphatic heterocycles. The molecule has 1 amide bonds. The van der Waals surface area contributed by atoms with Crippen molar-refractivity contribution in [1.29, 1.82) is 0 Å². The minimum Gasteiger partial charge on any atom is -0.366 e. The van der Waals surface area contributed by atoms with Gasteiger partial charge in [0.25, 0.3) is 0 Å². The summed E-state index contributed by atoms with van der Waals surface area (Å²) in [5.41, 5.74) is 2.82. The van der Waals surface area contributed by atoms with Gasteiger partial charge in [-0.1, -0.05) is 30.3 Å². The van der Waals surface area contributed by atoms with Crippen molar-refractivity contribution in [2.45, 2.75) is 20.4 Å². The smallest absolute Gasteiger partial charge is 0.221 e. The number of hydrogen-bond acceptors (Lipinski definition) is 5. The van der Waals surface area contributed by atoms with E-state index in [1.807, 2.05) is 55.5 Å². The molecule has 3 rings (SSSR count). The largest absolute Gasteiger partial charge is 0.366 e. The number of benzene rings is 2. The van der Waals surface area contributed by atoms with E-state index in [2.05, 4.69) is 38.1 Å². The van der Waals surface area contributed by atoms with Crippen molar-refractivity contribution in [1.82, 2.24) is 9.97 Å². The summed E-state index contributed by atoms with van der Waals surface area (Å²) < 4.78 is 0. The molecule has 3 aromatic rings. The maximum atomic E-state index is 11.1. The minimum absolute atomic E-state index is 0.0914. The van der Waals surface area contributed by atoms with Crippen molar-refractivity contribution in [3.05, 3.63) is 72.1 Å². The Morgan fingerprint density at radius 1 is 0.923 bits per heavy atom. The standard InChI is InChI=1S/C20H21N5O/c1-14-22-19(21-13-16-6-4-3-5-7-16)12-20(23-14)25-18-10-8-17(9-11-18)24-15(2)26/h3-12H,13H2,1-2H3,(H,24,26)(H2,21,22,23,25). The van der Waals surface area contributed by atoms with Gasteiger partial charge in [0, 0.05) is 30.9 Å². The normalized spacial score (nSPS) is 10.2. The lowest BCUT2D eigenvalue weighted by atomic mass is 10.2. The first kappa shape index (κ1) is 17.4. The SMILES string of the molecule is CC(=O)Nc1ccc(Nc2cc(NCc3ccccc3)nc(C)n2)cc1. The Morgan fingerprint density at radius 3 is 2.27 bits per heavy atom. The van der Waals surface area contributed by atoms with Gasteiger partial charge in [-0.25, -0.2) is 9.97 Å². The van der Waals surface area contributed by atoms with Crippen LogP contribution in [-0.4, -0.2) is 15.9 Å². The van der Waals surface area contributed by atoms with Crippen molar-refractivity contribution in [3.63, 3.8) is 0 Å². The van der Waals surface area contributed by atoms with Gasteiger partial charge in [-0.15, -0.1) is 0 Å². The van der Waals surface area contributed by atoms with Crippen LogP contribution in [0.5, 0.6) is 0 Å². The van der Waals surface area contributed by atoms with Crippen LogP contribution < -0.4 is 16.0 Å². The van der Waals surface area contributed by atoms with Crippen LogP contribution in [-0.2, 0) is 11.3 Å². The second-order valence-corrected chi connectivity index (χ2v) is 5.91. The zero-order chi connectivity index (χ0) is 18.4. The molecule has 0 fully saturated rings. The van der Waals surface area contributed by atoms with E-state index in [-0.39, 0.29) is 5.91 Å². The summed E-state index contributed by atoms with van der Waals surface area (Å²) in [6.07, 6.45) is 0. The molecule has 6 nitrogen and oxygen atoms in total. The molecule has 0 aliphatic rings. The molecule has 132 valence electrons. The molecule has 3 N–H and O–H groups in total. The summed E-state index contributed by atoms with van der Waals surface area (Å²) >= 11 is 0. The molecule has 2 aromatic carbocycles. The second kappa shape index (κ2) is 8.11. The average molecular weight is 347 g/mol. The number of carbonyl (C=O) groups excluding carboxylic acids is 1. The molecule has 6 heteroatoms. The first-order chi connectivity index (χ1) is 12.6. The van der Waals surface area contributed by atoms with E-state index in [1.54, 1.807) is 0 Å². The molecular formula is C20H21N5O. The molecule has 0 saturated heterocycles. The minimum atomic E-state index is -0.0914. The van der Waals surface area contributed by atoms with Crippen LogP contribution in [0, 0.1) is 6.92 Å². The van der Waals surface area contributed by atoms with Gasteiger partial charge in [-0.3, -0.25) is 4.79 Å². The van der Waals surface area contributed by atoms with Crippen molar-refractivity contribution in [3.8, 4) is 0 Å². The van der Waals surface area contributed by atoms with E-state index < -0.39 is 0 Å². The number of amides is 1. The molecule has 0 bridgehead atoms. The Kier molecular flexibility index (Phi) is 5.43. The summed E-state index contributed by atoms with van der Waals surface area (Å²) in [6, 6.07) is 19.5. The lowest BCUT2D eigenvalue weighted by molar-refractivity contribution is -0.114. The maximum absolute atomic E-state index is 11.1. The van der Waals surface area contributed by atoms with Crippen LogP contribution in [0.4, 0.5) is 23.0 Å². The summed E-state index contributed by atoms with van der Waals surface area (Å²) in [7, 11) is 0. The Labute approximate surface area is 152 Å². The van der Waals surface area contributed by atoms with E-state index in [4.69, 9.17) is 0 Å². The van der Waals surface area contributed by atoms with Crippen LogP contribution in [0.25, 0.3) is 0 Å². The molecular weight excluding hydrogens is 326 g/mol. The molecule has 26 heavy (non-hydrogen) atoms. The van der Waals surface area contributed by atoms with E-state index in [9.17, 15) is 4.79 Å². The zero-order valence-electron chi connectivity index (χ0n) is 14.8. The number of aromatic nitrogens is 2. The van der Waals surface area contributed by atoms with Crippen LogP contribution in [0.15, 0.2) is 60.7 Å². The van der Waals surface area contributed by atoms with Gasteiger partial charge < -0.3 is 16.0 Å². The van der Waals surface area contributed by atoms with Crippen LogP contribution in [0.1, 0.15) is 18.3 Å². The Hall–Kier alpha value is -3.41. The van der Waals surface area contributed by atoms with E-state index in [1.165, 1.54) is 12.5 Å². The molecule has 0 atom stereocenters. The molecule has 1 aromatic heterocycles. The number of nitrogens with one attached hydrogen (secondary N) is 3. The zero-order valence-corrected chi connectivity index (χ0v) is 14.8. The highest BCUT2D eigenvalue weighted by atomic mass is 16.1. The highest BCUT2D eigenvalue weighted by Crippen LogP contribution is 2.20. The highest BCUT2D eigenvalue weighted by molar-refractivity contribution is 5.88. The Bertz CT molecular complexity index is 878. The van der Waals surface area contributed by atoms with Gasteiger partial charge in [0.05, 0.1) is 0 Å². The summed E-state index contributed by atoms with van der Waals surface area (Å²) in [6.45, 7) is 4.04. The third kappa shape index (κ3) is 5.04. The maximum Gasteiger partial charge on any atom is 0.221 e. The number of rotatable bonds is 6. The fraction of sp³-hybridized carbons (Fsp3) is 0.150. The summed E-state index contributed by atoms with van der Waals surface area (Å²) in [5, 5.41) is 9.32. The van der Waals surface area contributed by atoms with E-state index in [0.29, 0.717) is 18.2 Å². The summed E-state index contributed by atoms with van der Waals surface area (Å²) in [5.74, 6) is 2.06. The second-order valence-electron chi connectivity index (χ2n) is 5.91. The number of hydrogen-bond donors (Lipinski definition) is 3. The quantitative estimate of drug-likeness (QED) is 0.626. The van der Waals surface area contributed by atoms with Gasteiger partial charge in [-0.2, -0.15) is 0 Å². The van der Waals surface area contributed by atoms with Gasteiger partial charge >= 0.3 is 0 Å². The fourth-order valence-corrected chi connectivity index (χ4v) is 2.50. The predicted octanol–water partition coefficient (Wildman–Crippen LogP) is 4.10. The average Bonchev–Trinajstić information content (AvgIpc) is 2.62. The van der Waals surface area contributed by atoms with E-state index in [0.717, 1.165) is 17.2 Å². The van der Waals surface area contributed by atoms with Crippen LogP contribution in [0.2, 0.25) is 0 Å². The lowest BCUT2D eigenvalue weighted by Gasteiger charge is -2.11. The highest BCUT2D eigenvalue weighted by Gasteiger charge is 2.03. The molecule has 0 unspecified atom stereocenters. The monoisotopic (exact) mass is 347 g/mol.